The maximum atomic E-state index is 12.1. The number of rotatable bonds is 8. The fourth-order valence-corrected chi connectivity index (χ4v) is 3.07. The molecule has 6 heteroatoms. The van der Waals surface area contributed by atoms with Crippen LogP contribution in [0.5, 0.6) is 0 Å². The number of aromatic amines is 1. The minimum atomic E-state index is -0.173. The van der Waals surface area contributed by atoms with E-state index in [-0.39, 0.29) is 5.56 Å². The van der Waals surface area contributed by atoms with E-state index in [1.54, 1.807) is 12.4 Å². The fraction of sp³-hybridized carbons (Fsp3) is 0.318. The van der Waals surface area contributed by atoms with E-state index in [0.717, 1.165) is 37.2 Å². The van der Waals surface area contributed by atoms with Crippen LogP contribution >= 0.6 is 0 Å². The summed E-state index contributed by atoms with van der Waals surface area (Å²) in [6, 6.07) is 13.4. The summed E-state index contributed by atoms with van der Waals surface area (Å²) in [5, 5.41) is 0. The minimum Gasteiger partial charge on any atom is -0.309 e. The molecule has 0 aliphatic heterocycles. The van der Waals surface area contributed by atoms with Crippen molar-refractivity contribution in [1.29, 1.82) is 0 Å². The largest absolute Gasteiger partial charge is 0.309 e. The first-order chi connectivity index (χ1) is 13.5. The van der Waals surface area contributed by atoms with Crippen LogP contribution in [0.3, 0.4) is 0 Å². The standard InChI is InChI=1S/C22H27N5O/c1-26(2)12-5-13-27(3)16-17-7-9-18(10-8-17)22-24-20(14-21(28)25-22)19-6-4-11-23-15-19/h4,6-11,14-15H,5,12-13,16H2,1-3H3,(H,24,25,28). The molecule has 0 saturated carbocycles. The van der Waals surface area contributed by atoms with E-state index in [0.29, 0.717) is 11.5 Å². The van der Waals surface area contributed by atoms with Gasteiger partial charge in [-0.1, -0.05) is 24.3 Å². The highest BCUT2D eigenvalue weighted by Crippen LogP contribution is 2.19. The molecule has 6 nitrogen and oxygen atoms in total. The Morgan fingerprint density at radius 2 is 1.79 bits per heavy atom. The number of nitrogens with zero attached hydrogens (tertiary/aromatic N) is 4. The summed E-state index contributed by atoms with van der Waals surface area (Å²) in [4.78, 5) is 28.2. The van der Waals surface area contributed by atoms with Crippen LogP contribution in [0, 0.1) is 0 Å². The van der Waals surface area contributed by atoms with Crippen molar-refractivity contribution < 1.29 is 0 Å². The highest BCUT2D eigenvalue weighted by Gasteiger charge is 2.07. The fourth-order valence-electron chi connectivity index (χ4n) is 3.07. The molecule has 146 valence electrons. The zero-order chi connectivity index (χ0) is 19.9. The van der Waals surface area contributed by atoms with E-state index in [1.807, 2.05) is 24.3 Å². The quantitative estimate of drug-likeness (QED) is 0.654. The highest BCUT2D eigenvalue weighted by molar-refractivity contribution is 5.62. The van der Waals surface area contributed by atoms with Crippen molar-refractivity contribution in [2.45, 2.75) is 13.0 Å². The van der Waals surface area contributed by atoms with Gasteiger partial charge in [-0.2, -0.15) is 0 Å². The topological polar surface area (TPSA) is 65.1 Å². The summed E-state index contributed by atoms with van der Waals surface area (Å²) in [6.07, 6.45) is 4.56. The molecular weight excluding hydrogens is 350 g/mol. The van der Waals surface area contributed by atoms with Gasteiger partial charge < -0.3 is 14.8 Å². The molecule has 0 aliphatic carbocycles. The summed E-state index contributed by atoms with van der Waals surface area (Å²) in [5.41, 5.74) is 3.40. The van der Waals surface area contributed by atoms with Crippen LogP contribution in [0.2, 0.25) is 0 Å². The molecule has 0 unspecified atom stereocenters. The molecule has 0 atom stereocenters. The van der Waals surface area contributed by atoms with E-state index in [9.17, 15) is 4.79 Å². The molecule has 0 aliphatic rings. The van der Waals surface area contributed by atoms with Gasteiger partial charge in [0.25, 0.3) is 5.56 Å². The van der Waals surface area contributed by atoms with Crippen molar-refractivity contribution in [1.82, 2.24) is 24.8 Å². The van der Waals surface area contributed by atoms with E-state index in [4.69, 9.17) is 0 Å². The lowest BCUT2D eigenvalue weighted by atomic mass is 10.1. The van der Waals surface area contributed by atoms with Gasteiger partial charge in [0.15, 0.2) is 0 Å². The Hall–Kier alpha value is -2.83. The Balaban J connectivity index is 1.71. The van der Waals surface area contributed by atoms with Crippen molar-refractivity contribution in [3.05, 3.63) is 70.8 Å². The smallest absolute Gasteiger partial charge is 0.251 e. The first-order valence-corrected chi connectivity index (χ1v) is 9.45. The Bertz CT molecular complexity index is 935. The number of benzene rings is 1. The third-order valence-electron chi connectivity index (χ3n) is 4.52. The number of nitrogens with one attached hydrogen (secondary N) is 1. The van der Waals surface area contributed by atoms with Gasteiger partial charge >= 0.3 is 0 Å². The summed E-state index contributed by atoms with van der Waals surface area (Å²) >= 11 is 0. The van der Waals surface area contributed by atoms with Crippen molar-refractivity contribution in [3.8, 4) is 22.6 Å². The molecule has 2 heterocycles. The van der Waals surface area contributed by atoms with Crippen molar-refractivity contribution >= 4 is 0 Å². The van der Waals surface area contributed by atoms with Gasteiger partial charge in [0.1, 0.15) is 5.82 Å². The molecule has 2 aromatic heterocycles. The molecule has 0 fully saturated rings. The average Bonchev–Trinajstić information content (AvgIpc) is 2.68. The molecule has 0 spiro atoms. The van der Waals surface area contributed by atoms with Crippen LogP contribution in [0.4, 0.5) is 0 Å². The summed E-state index contributed by atoms with van der Waals surface area (Å²) in [7, 11) is 6.33. The normalized spacial score (nSPS) is 11.3. The molecule has 1 N–H and O–H groups in total. The predicted molar refractivity (Wildman–Crippen MR) is 113 cm³/mol. The van der Waals surface area contributed by atoms with Crippen molar-refractivity contribution in [3.63, 3.8) is 0 Å². The van der Waals surface area contributed by atoms with Crippen LogP contribution in [0.15, 0.2) is 59.7 Å². The van der Waals surface area contributed by atoms with E-state index in [1.165, 1.54) is 11.6 Å². The van der Waals surface area contributed by atoms with Gasteiger partial charge in [-0.15, -0.1) is 0 Å². The van der Waals surface area contributed by atoms with Crippen LogP contribution < -0.4 is 5.56 Å². The van der Waals surface area contributed by atoms with E-state index < -0.39 is 0 Å². The van der Waals surface area contributed by atoms with Crippen molar-refractivity contribution in [2.75, 3.05) is 34.2 Å². The minimum absolute atomic E-state index is 0.173. The molecular formula is C22H27N5O. The van der Waals surface area contributed by atoms with Gasteiger partial charge in [-0.3, -0.25) is 9.78 Å². The zero-order valence-electron chi connectivity index (χ0n) is 16.7. The predicted octanol–water partition coefficient (Wildman–Crippen LogP) is 2.88. The van der Waals surface area contributed by atoms with Gasteiger partial charge in [0, 0.05) is 36.1 Å². The Labute approximate surface area is 165 Å². The second-order valence-corrected chi connectivity index (χ2v) is 7.31. The van der Waals surface area contributed by atoms with Crippen LogP contribution in [0.25, 0.3) is 22.6 Å². The molecule has 3 rings (SSSR count). The third kappa shape index (κ3) is 5.58. The second kappa shape index (κ2) is 9.39. The Kier molecular flexibility index (Phi) is 6.68. The summed E-state index contributed by atoms with van der Waals surface area (Å²) in [5.74, 6) is 0.567. The molecule has 1 aromatic carbocycles. The lowest BCUT2D eigenvalue weighted by Gasteiger charge is -2.18. The number of pyridine rings is 1. The molecule has 0 bridgehead atoms. The maximum absolute atomic E-state index is 12.1. The summed E-state index contributed by atoms with van der Waals surface area (Å²) < 4.78 is 0. The first-order valence-electron chi connectivity index (χ1n) is 9.45. The number of hydrogen-bond donors (Lipinski definition) is 1. The van der Waals surface area contributed by atoms with Crippen LogP contribution in [-0.4, -0.2) is 59.0 Å². The molecule has 0 amide bonds. The average molecular weight is 377 g/mol. The van der Waals surface area contributed by atoms with Crippen LogP contribution in [0.1, 0.15) is 12.0 Å². The molecule has 3 aromatic rings. The molecule has 28 heavy (non-hydrogen) atoms. The monoisotopic (exact) mass is 377 g/mol. The highest BCUT2D eigenvalue weighted by atomic mass is 16.1. The molecule has 0 saturated heterocycles. The van der Waals surface area contributed by atoms with Gasteiger partial charge in [-0.25, -0.2) is 4.98 Å². The van der Waals surface area contributed by atoms with Crippen LogP contribution in [-0.2, 0) is 6.54 Å². The van der Waals surface area contributed by atoms with E-state index >= 15 is 0 Å². The third-order valence-corrected chi connectivity index (χ3v) is 4.52. The number of aromatic nitrogens is 3. The first kappa shape index (κ1) is 19.9. The number of H-pyrrole nitrogens is 1. The lowest BCUT2D eigenvalue weighted by Crippen LogP contribution is -2.23. The van der Waals surface area contributed by atoms with Gasteiger partial charge in [-0.05, 0) is 58.3 Å². The SMILES string of the molecule is CN(C)CCCN(C)Cc1ccc(-c2nc(-c3cccnc3)cc(=O)[nH]2)cc1. The van der Waals surface area contributed by atoms with Crippen molar-refractivity contribution in [2.24, 2.45) is 0 Å². The molecule has 0 radical (unpaired) electrons. The van der Waals surface area contributed by atoms with Gasteiger partial charge in [0.2, 0.25) is 0 Å². The van der Waals surface area contributed by atoms with Gasteiger partial charge in [0.05, 0.1) is 5.69 Å². The summed E-state index contributed by atoms with van der Waals surface area (Å²) in [6.45, 7) is 3.05. The maximum Gasteiger partial charge on any atom is 0.251 e. The Morgan fingerprint density at radius 3 is 2.46 bits per heavy atom. The number of hydrogen-bond acceptors (Lipinski definition) is 5. The van der Waals surface area contributed by atoms with E-state index in [2.05, 4.69) is 58.0 Å². The second-order valence-electron chi connectivity index (χ2n) is 7.31. The Morgan fingerprint density at radius 1 is 1.00 bits per heavy atom. The zero-order valence-corrected chi connectivity index (χ0v) is 16.7. The lowest BCUT2D eigenvalue weighted by molar-refractivity contribution is 0.294.